The molecule has 1 atom stereocenters. The van der Waals surface area contributed by atoms with Crippen LogP contribution in [-0.2, 0) is 4.79 Å². The predicted molar refractivity (Wildman–Crippen MR) is 106 cm³/mol. The van der Waals surface area contributed by atoms with Gasteiger partial charge >= 0.3 is 0 Å². The third-order valence-electron chi connectivity index (χ3n) is 4.85. The molecule has 4 N–H and O–H groups in total. The summed E-state index contributed by atoms with van der Waals surface area (Å²) in [5.74, 6) is -0.116. The number of amides is 1. The fraction of sp³-hybridized carbons (Fsp3) is 0.100. The van der Waals surface area contributed by atoms with Gasteiger partial charge in [0.25, 0.3) is 0 Å². The van der Waals surface area contributed by atoms with Crippen molar-refractivity contribution in [1.29, 1.82) is 0 Å². The number of hydrogen-bond donors (Lipinski definition) is 4. The number of nitrogens with one attached hydrogen (secondary N) is 4. The Bertz CT molecular complexity index is 1190. The van der Waals surface area contributed by atoms with Crippen LogP contribution in [0.25, 0.3) is 32.9 Å². The van der Waals surface area contributed by atoms with E-state index in [1.807, 2.05) is 43.7 Å². The fourth-order valence-electron chi connectivity index (χ4n) is 3.52. The van der Waals surface area contributed by atoms with E-state index < -0.39 is 6.04 Å². The van der Waals surface area contributed by atoms with E-state index >= 15 is 0 Å². The van der Waals surface area contributed by atoms with Gasteiger partial charge in [-0.2, -0.15) is 5.10 Å². The van der Waals surface area contributed by atoms with Gasteiger partial charge in [-0.1, -0.05) is 12.1 Å². The Kier molecular flexibility index (Phi) is 3.48. The van der Waals surface area contributed by atoms with Gasteiger partial charge in [0.15, 0.2) is 0 Å². The van der Waals surface area contributed by atoms with Crippen molar-refractivity contribution in [2.45, 2.75) is 6.04 Å². The molecule has 7 heteroatoms. The Morgan fingerprint density at radius 2 is 2.11 bits per heavy atom. The molecule has 1 aliphatic rings. The zero-order valence-corrected chi connectivity index (χ0v) is 14.7. The Balaban J connectivity index is 1.58. The van der Waals surface area contributed by atoms with E-state index in [0.29, 0.717) is 0 Å². The van der Waals surface area contributed by atoms with E-state index in [1.54, 1.807) is 11.2 Å². The lowest BCUT2D eigenvalue weighted by atomic mass is 9.99. The minimum Gasteiger partial charge on any atom is -0.361 e. The van der Waals surface area contributed by atoms with Crippen molar-refractivity contribution in [3.05, 3.63) is 61.1 Å². The average molecular weight is 358 g/mol. The van der Waals surface area contributed by atoms with Crippen LogP contribution in [-0.4, -0.2) is 39.2 Å². The number of fused-ring (bicyclic) bond motifs is 2. The number of hydrogen-bond acceptors (Lipinski definition) is 4. The number of hydrazine groups is 1. The second-order valence-corrected chi connectivity index (χ2v) is 6.65. The van der Waals surface area contributed by atoms with Gasteiger partial charge in [0.05, 0.1) is 17.4 Å². The summed E-state index contributed by atoms with van der Waals surface area (Å²) in [5.41, 5.74) is 7.86. The van der Waals surface area contributed by atoms with E-state index in [-0.39, 0.29) is 5.91 Å². The summed E-state index contributed by atoms with van der Waals surface area (Å²) in [6.07, 6.45) is 7.32. The number of carbonyl (C=O) groups is 1. The summed E-state index contributed by atoms with van der Waals surface area (Å²) in [4.78, 5) is 15.9. The summed E-state index contributed by atoms with van der Waals surface area (Å²) in [5, 5.41) is 14.0. The van der Waals surface area contributed by atoms with E-state index in [0.717, 1.165) is 38.6 Å². The molecule has 2 aromatic carbocycles. The summed E-state index contributed by atoms with van der Waals surface area (Å²) in [6, 6.07) is 11.9. The molecule has 2 aromatic heterocycles. The highest BCUT2D eigenvalue weighted by atomic mass is 16.2. The number of nitrogens with zero attached hydrogens (tertiary/aromatic N) is 2. The summed E-state index contributed by atoms with van der Waals surface area (Å²) in [6.45, 7) is 0. The first-order valence-corrected chi connectivity index (χ1v) is 8.71. The van der Waals surface area contributed by atoms with Gasteiger partial charge in [-0.3, -0.25) is 9.89 Å². The highest BCUT2D eigenvalue weighted by molar-refractivity contribution is 6.06. The maximum absolute atomic E-state index is 12.7. The van der Waals surface area contributed by atoms with Gasteiger partial charge < -0.3 is 15.3 Å². The quantitative estimate of drug-likeness (QED) is 0.453. The number of rotatable bonds is 3. The van der Waals surface area contributed by atoms with Crippen LogP contribution in [0.2, 0.25) is 0 Å². The minimum atomic E-state index is -0.395. The first-order chi connectivity index (χ1) is 13.2. The third kappa shape index (κ3) is 2.65. The zero-order chi connectivity index (χ0) is 18.4. The van der Waals surface area contributed by atoms with Crippen molar-refractivity contribution >= 4 is 33.4 Å². The molecule has 3 heterocycles. The van der Waals surface area contributed by atoms with Gasteiger partial charge in [0, 0.05) is 35.7 Å². The SMILES string of the molecule is CN1C=CC(C(=O)Nc2cc(-c3cccc4[nH]ccc34)cc3[nH]ncc23)N1. The van der Waals surface area contributed by atoms with Gasteiger partial charge in [-0.15, -0.1) is 0 Å². The molecule has 1 aliphatic heterocycles. The van der Waals surface area contributed by atoms with Crippen LogP contribution in [0.1, 0.15) is 0 Å². The van der Waals surface area contributed by atoms with Crippen molar-refractivity contribution in [1.82, 2.24) is 25.6 Å². The lowest BCUT2D eigenvalue weighted by molar-refractivity contribution is -0.117. The van der Waals surface area contributed by atoms with Crippen LogP contribution >= 0.6 is 0 Å². The molecule has 0 saturated carbocycles. The monoisotopic (exact) mass is 358 g/mol. The van der Waals surface area contributed by atoms with Crippen LogP contribution in [0.5, 0.6) is 0 Å². The minimum absolute atomic E-state index is 0.116. The second-order valence-electron chi connectivity index (χ2n) is 6.65. The van der Waals surface area contributed by atoms with Gasteiger partial charge in [-0.05, 0) is 41.5 Å². The van der Waals surface area contributed by atoms with Crippen LogP contribution in [0.4, 0.5) is 5.69 Å². The first kappa shape index (κ1) is 15.7. The molecule has 134 valence electrons. The largest absolute Gasteiger partial charge is 0.361 e. The smallest absolute Gasteiger partial charge is 0.247 e. The first-order valence-electron chi connectivity index (χ1n) is 8.71. The highest BCUT2D eigenvalue weighted by Gasteiger charge is 2.21. The topological polar surface area (TPSA) is 88.8 Å². The molecule has 7 nitrogen and oxygen atoms in total. The molecule has 0 saturated heterocycles. The Labute approximate surface area is 155 Å². The normalized spacial score (nSPS) is 16.5. The molecule has 27 heavy (non-hydrogen) atoms. The molecular formula is C20H18N6O. The van der Waals surface area contributed by atoms with Crippen LogP contribution in [0, 0.1) is 0 Å². The molecular weight excluding hydrogens is 340 g/mol. The standard InChI is InChI=1S/C20H18N6O/c1-26-8-6-17(25-26)20(27)23-18-9-12(10-19-15(18)11-22-24-19)13-3-2-4-16-14(13)5-7-21-16/h2-11,17,21,25H,1H3,(H,22,24)(H,23,27). The van der Waals surface area contributed by atoms with Crippen LogP contribution < -0.4 is 10.7 Å². The number of benzene rings is 2. The molecule has 1 unspecified atom stereocenters. The van der Waals surface area contributed by atoms with E-state index in [4.69, 9.17) is 0 Å². The maximum atomic E-state index is 12.7. The molecule has 0 aliphatic carbocycles. The molecule has 5 rings (SSSR count). The third-order valence-corrected chi connectivity index (χ3v) is 4.85. The summed E-state index contributed by atoms with van der Waals surface area (Å²) < 4.78 is 0. The van der Waals surface area contributed by atoms with E-state index in [9.17, 15) is 4.79 Å². The van der Waals surface area contributed by atoms with Crippen molar-refractivity contribution in [3.63, 3.8) is 0 Å². The second kappa shape index (κ2) is 6.00. The summed E-state index contributed by atoms with van der Waals surface area (Å²) in [7, 11) is 1.86. The Morgan fingerprint density at radius 1 is 1.19 bits per heavy atom. The maximum Gasteiger partial charge on any atom is 0.247 e. The predicted octanol–water partition coefficient (Wildman–Crippen LogP) is 2.98. The fourth-order valence-corrected chi connectivity index (χ4v) is 3.52. The lowest BCUT2D eigenvalue weighted by Crippen LogP contribution is -2.40. The van der Waals surface area contributed by atoms with Crippen molar-refractivity contribution in [3.8, 4) is 11.1 Å². The molecule has 0 fully saturated rings. The Hall–Kier alpha value is -3.58. The van der Waals surface area contributed by atoms with E-state index in [1.165, 1.54) is 0 Å². The molecule has 0 bridgehead atoms. The lowest BCUT2D eigenvalue weighted by Gasteiger charge is -2.15. The molecule has 0 radical (unpaired) electrons. The zero-order valence-electron chi connectivity index (χ0n) is 14.7. The van der Waals surface area contributed by atoms with Gasteiger partial charge in [0.2, 0.25) is 5.91 Å². The molecule has 4 aromatic rings. The van der Waals surface area contributed by atoms with Crippen molar-refractivity contribution < 1.29 is 4.79 Å². The van der Waals surface area contributed by atoms with Crippen LogP contribution in [0.3, 0.4) is 0 Å². The number of carbonyl (C=O) groups excluding carboxylic acids is 1. The van der Waals surface area contributed by atoms with Gasteiger partial charge in [0.1, 0.15) is 6.04 Å². The average Bonchev–Trinajstić information content (AvgIpc) is 3.41. The summed E-state index contributed by atoms with van der Waals surface area (Å²) >= 11 is 0. The van der Waals surface area contributed by atoms with E-state index in [2.05, 4.69) is 44.1 Å². The number of H-pyrrole nitrogens is 2. The van der Waals surface area contributed by atoms with Crippen molar-refractivity contribution in [2.75, 3.05) is 12.4 Å². The number of anilines is 1. The molecule has 1 amide bonds. The van der Waals surface area contributed by atoms with Gasteiger partial charge in [-0.25, -0.2) is 5.43 Å². The number of aromatic amines is 2. The Morgan fingerprint density at radius 3 is 2.96 bits per heavy atom. The van der Waals surface area contributed by atoms with Crippen LogP contribution in [0.15, 0.2) is 61.1 Å². The number of aromatic nitrogens is 3. The van der Waals surface area contributed by atoms with Crippen molar-refractivity contribution in [2.24, 2.45) is 0 Å². The highest BCUT2D eigenvalue weighted by Crippen LogP contribution is 2.34. The molecule has 0 spiro atoms.